The fourth-order valence-electron chi connectivity index (χ4n) is 6.82. The molecule has 0 amide bonds. The Labute approximate surface area is 190 Å². The number of rotatable bonds is 4. The summed E-state index contributed by atoms with van der Waals surface area (Å²) < 4.78 is 26.4. The van der Waals surface area contributed by atoms with Crippen molar-refractivity contribution in [3.8, 4) is 11.5 Å². The predicted octanol–water partition coefficient (Wildman–Crippen LogP) is 6.61. The molecule has 3 fully saturated rings. The molecule has 4 heteroatoms. The second-order valence-electron chi connectivity index (χ2n) is 10.1. The van der Waals surface area contributed by atoms with Gasteiger partial charge in [0.15, 0.2) is 5.78 Å². The van der Waals surface area contributed by atoms with Crippen molar-refractivity contribution in [2.24, 2.45) is 10.8 Å². The van der Waals surface area contributed by atoms with E-state index in [9.17, 15) is 4.79 Å². The maximum Gasteiger partial charge on any atom is 0.151 e. The summed E-state index contributed by atoms with van der Waals surface area (Å²) in [5.74, 6) is 2.76. The standard InChI is InChI=1S/C28H33FO3/c1-31-23-7-3-19(4-8-23)21-11-15-27(16-12-21)25(29)28(26(27)30)17-13-22(14-18-28)20-5-9-24(32-2)10-6-20/h3-10,21-22,25H,11-18H2,1-2H3. The van der Waals surface area contributed by atoms with Crippen molar-refractivity contribution in [1.29, 1.82) is 0 Å². The summed E-state index contributed by atoms with van der Waals surface area (Å²) in [4.78, 5) is 13.5. The fourth-order valence-corrected chi connectivity index (χ4v) is 6.82. The van der Waals surface area contributed by atoms with Gasteiger partial charge >= 0.3 is 0 Å². The van der Waals surface area contributed by atoms with E-state index in [-0.39, 0.29) is 5.78 Å². The van der Waals surface area contributed by atoms with Crippen LogP contribution in [0.3, 0.4) is 0 Å². The normalized spacial score (nSPS) is 34.3. The first kappa shape index (κ1) is 21.5. The van der Waals surface area contributed by atoms with Gasteiger partial charge in [-0.1, -0.05) is 24.3 Å². The zero-order chi connectivity index (χ0) is 22.3. The first-order chi connectivity index (χ1) is 15.5. The lowest BCUT2D eigenvalue weighted by Crippen LogP contribution is -2.69. The number of halogens is 1. The molecule has 0 saturated heterocycles. The van der Waals surface area contributed by atoms with E-state index in [1.807, 2.05) is 24.3 Å². The van der Waals surface area contributed by atoms with Gasteiger partial charge in [-0.2, -0.15) is 0 Å². The molecular formula is C28H33FO3. The van der Waals surface area contributed by atoms with E-state index in [0.717, 1.165) is 37.2 Å². The number of ether oxygens (including phenoxy) is 2. The van der Waals surface area contributed by atoms with Crippen LogP contribution in [-0.4, -0.2) is 26.2 Å². The molecule has 5 rings (SSSR count). The molecule has 3 nitrogen and oxygen atoms in total. The summed E-state index contributed by atoms with van der Waals surface area (Å²) in [7, 11) is 3.34. The molecule has 0 bridgehead atoms. The van der Waals surface area contributed by atoms with Crippen LogP contribution in [0.5, 0.6) is 11.5 Å². The number of alkyl halides is 1. The Balaban J connectivity index is 1.21. The largest absolute Gasteiger partial charge is 0.497 e. The highest BCUT2D eigenvalue weighted by Gasteiger charge is 2.71. The first-order valence-electron chi connectivity index (χ1n) is 12.0. The van der Waals surface area contributed by atoms with Crippen LogP contribution in [0.15, 0.2) is 48.5 Å². The number of methoxy groups -OCH3 is 2. The minimum absolute atomic E-state index is 0.235. The number of ketones is 1. The molecule has 2 aromatic carbocycles. The Morgan fingerprint density at radius 1 is 0.688 bits per heavy atom. The monoisotopic (exact) mass is 436 g/mol. The number of hydrogen-bond acceptors (Lipinski definition) is 3. The average molecular weight is 437 g/mol. The van der Waals surface area contributed by atoms with E-state index in [1.165, 1.54) is 11.1 Å². The van der Waals surface area contributed by atoms with Gasteiger partial charge in [-0.3, -0.25) is 4.79 Å². The molecule has 170 valence electrons. The maximum atomic E-state index is 15.9. The van der Waals surface area contributed by atoms with Crippen LogP contribution >= 0.6 is 0 Å². The van der Waals surface area contributed by atoms with Gasteiger partial charge in [-0.05, 0) is 98.6 Å². The molecular weight excluding hydrogens is 403 g/mol. The van der Waals surface area contributed by atoms with E-state index >= 15 is 4.39 Å². The van der Waals surface area contributed by atoms with Crippen molar-refractivity contribution < 1.29 is 18.7 Å². The highest BCUT2D eigenvalue weighted by molar-refractivity contribution is 5.98. The van der Waals surface area contributed by atoms with Crippen LogP contribution in [0.2, 0.25) is 0 Å². The van der Waals surface area contributed by atoms with E-state index in [0.29, 0.717) is 37.5 Å². The Kier molecular flexibility index (Phi) is 5.51. The molecule has 0 atom stereocenters. The lowest BCUT2D eigenvalue weighted by molar-refractivity contribution is -0.191. The van der Waals surface area contributed by atoms with E-state index in [4.69, 9.17) is 9.47 Å². The Bertz CT molecular complexity index is 872. The molecule has 32 heavy (non-hydrogen) atoms. The number of benzene rings is 2. The topological polar surface area (TPSA) is 35.5 Å². The van der Waals surface area contributed by atoms with Crippen molar-refractivity contribution in [1.82, 2.24) is 0 Å². The van der Waals surface area contributed by atoms with Gasteiger partial charge in [0.25, 0.3) is 0 Å². The van der Waals surface area contributed by atoms with Gasteiger partial charge in [-0.15, -0.1) is 0 Å². The predicted molar refractivity (Wildman–Crippen MR) is 123 cm³/mol. The fraction of sp³-hybridized carbons (Fsp3) is 0.536. The molecule has 3 saturated carbocycles. The lowest BCUT2D eigenvalue weighted by atomic mass is 9.41. The van der Waals surface area contributed by atoms with Crippen LogP contribution in [-0.2, 0) is 4.79 Å². The Morgan fingerprint density at radius 2 is 1.03 bits per heavy atom. The van der Waals surface area contributed by atoms with Gasteiger partial charge in [0, 0.05) is 0 Å². The third-order valence-corrected chi connectivity index (χ3v) is 8.80. The molecule has 0 heterocycles. The van der Waals surface area contributed by atoms with Gasteiger partial charge in [0.05, 0.1) is 25.0 Å². The van der Waals surface area contributed by atoms with Crippen LogP contribution in [0.1, 0.15) is 74.3 Å². The van der Waals surface area contributed by atoms with Crippen molar-refractivity contribution >= 4 is 5.78 Å². The first-order valence-corrected chi connectivity index (χ1v) is 12.0. The lowest BCUT2D eigenvalue weighted by Gasteiger charge is -2.61. The summed E-state index contributed by atoms with van der Waals surface area (Å²) in [6.07, 6.45) is 5.34. The molecule has 0 radical (unpaired) electrons. The average Bonchev–Trinajstić information content (AvgIpc) is 2.88. The smallest absolute Gasteiger partial charge is 0.151 e. The van der Waals surface area contributed by atoms with Crippen LogP contribution in [0.4, 0.5) is 4.39 Å². The third-order valence-electron chi connectivity index (χ3n) is 8.80. The zero-order valence-electron chi connectivity index (χ0n) is 19.1. The van der Waals surface area contributed by atoms with Crippen LogP contribution in [0.25, 0.3) is 0 Å². The second-order valence-corrected chi connectivity index (χ2v) is 10.1. The molecule has 2 aromatic rings. The summed E-state index contributed by atoms with van der Waals surface area (Å²) >= 11 is 0. The second kappa shape index (κ2) is 8.20. The van der Waals surface area contributed by atoms with Gasteiger partial charge < -0.3 is 9.47 Å². The van der Waals surface area contributed by atoms with Crippen molar-refractivity contribution in [3.63, 3.8) is 0 Å². The number of Topliss-reactive ketones (excluding diaryl/α,β-unsaturated/α-hetero) is 1. The molecule has 0 N–H and O–H groups in total. The van der Waals surface area contributed by atoms with E-state index in [1.54, 1.807) is 14.2 Å². The molecule has 0 aliphatic heterocycles. The SMILES string of the molecule is COc1ccc(C2CCC3(CC2)C(=O)C2(CCC(c4ccc(OC)cc4)CC2)C3F)cc1. The molecule has 0 unspecified atom stereocenters. The van der Waals surface area contributed by atoms with Crippen LogP contribution in [0, 0.1) is 10.8 Å². The van der Waals surface area contributed by atoms with Gasteiger partial charge in [0.2, 0.25) is 0 Å². The maximum absolute atomic E-state index is 15.9. The van der Waals surface area contributed by atoms with E-state index < -0.39 is 17.0 Å². The van der Waals surface area contributed by atoms with Gasteiger partial charge in [-0.25, -0.2) is 4.39 Å². The van der Waals surface area contributed by atoms with Crippen molar-refractivity contribution in [2.45, 2.75) is 69.4 Å². The summed E-state index contributed by atoms with van der Waals surface area (Å²) in [6, 6.07) is 16.4. The minimum atomic E-state index is -0.976. The van der Waals surface area contributed by atoms with Gasteiger partial charge in [0.1, 0.15) is 17.7 Å². The molecule has 3 aliphatic rings. The molecule has 0 aromatic heterocycles. The number of hydrogen-bond donors (Lipinski definition) is 0. The van der Waals surface area contributed by atoms with Crippen molar-refractivity contribution in [2.75, 3.05) is 14.2 Å². The quantitative estimate of drug-likeness (QED) is 0.541. The van der Waals surface area contributed by atoms with Crippen molar-refractivity contribution in [3.05, 3.63) is 59.7 Å². The summed E-state index contributed by atoms with van der Waals surface area (Å²) in [5.41, 5.74) is 1.13. The van der Waals surface area contributed by atoms with Crippen LogP contribution < -0.4 is 9.47 Å². The zero-order valence-corrected chi connectivity index (χ0v) is 19.1. The molecule has 2 spiro atoms. The number of carbonyl (C=O) groups excluding carboxylic acids is 1. The Hall–Kier alpha value is -2.36. The van der Waals surface area contributed by atoms with E-state index in [2.05, 4.69) is 24.3 Å². The highest BCUT2D eigenvalue weighted by Crippen LogP contribution is 2.66. The molecule has 3 aliphatic carbocycles. The number of carbonyl (C=O) groups is 1. The highest BCUT2D eigenvalue weighted by atomic mass is 19.1. The summed E-state index contributed by atoms with van der Waals surface area (Å²) in [5, 5.41) is 0. The minimum Gasteiger partial charge on any atom is -0.497 e. The third kappa shape index (κ3) is 3.25. The summed E-state index contributed by atoms with van der Waals surface area (Å²) in [6.45, 7) is 0. The Morgan fingerprint density at radius 3 is 1.31 bits per heavy atom.